The van der Waals surface area contributed by atoms with E-state index in [1.807, 2.05) is 6.92 Å². The van der Waals surface area contributed by atoms with Crippen LogP contribution in [0.25, 0.3) is 0 Å². The molecule has 3 rings (SSSR count). The van der Waals surface area contributed by atoms with Crippen molar-refractivity contribution in [2.45, 2.75) is 13.5 Å². The molecule has 0 aliphatic rings. The lowest BCUT2D eigenvalue weighted by atomic mass is 10.1. The van der Waals surface area contributed by atoms with Gasteiger partial charge in [0.15, 0.2) is 0 Å². The van der Waals surface area contributed by atoms with Gasteiger partial charge in [0, 0.05) is 22.9 Å². The van der Waals surface area contributed by atoms with Gasteiger partial charge in [-0.25, -0.2) is 12.8 Å². The van der Waals surface area contributed by atoms with Crippen molar-refractivity contribution in [3.8, 4) is 11.5 Å². The van der Waals surface area contributed by atoms with Crippen LogP contribution in [0.5, 0.6) is 11.5 Å². The lowest BCUT2D eigenvalue weighted by Gasteiger charge is -2.24. The minimum atomic E-state index is -3.71. The van der Waals surface area contributed by atoms with E-state index in [4.69, 9.17) is 9.47 Å². The summed E-state index contributed by atoms with van der Waals surface area (Å²) in [6, 6.07) is 16.9. The van der Waals surface area contributed by atoms with Crippen molar-refractivity contribution >= 4 is 27.3 Å². The zero-order valence-corrected chi connectivity index (χ0v) is 19.4. The van der Waals surface area contributed by atoms with E-state index in [1.165, 1.54) is 31.4 Å². The second kappa shape index (κ2) is 10.4. The predicted octanol–water partition coefficient (Wildman–Crippen LogP) is 4.45. The minimum Gasteiger partial charge on any atom is -0.497 e. The molecule has 0 aliphatic heterocycles. The second-order valence-electron chi connectivity index (χ2n) is 7.19. The monoisotopic (exact) mass is 472 g/mol. The summed E-state index contributed by atoms with van der Waals surface area (Å²) in [5, 5.41) is 2.80. The number of hydrogen-bond acceptors (Lipinski definition) is 5. The van der Waals surface area contributed by atoms with Crippen LogP contribution in [-0.2, 0) is 16.6 Å². The molecule has 0 saturated carbocycles. The van der Waals surface area contributed by atoms with Gasteiger partial charge in [0.25, 0.3) is 5.91 Å². The number of hydrogen-bond donors (Lipinski definition) is 1. The van der Waals surface area contributed by atoms with Crippen LogP contribution in [0.4, 0.5) is 15.8 Å². The third-order valence-corrected chi connectivity index (χ3v) is 5.92. The summed E-state index contributed by atoms with van der Waals surface area (Å²) in [7, 11) is -2.17. The zero-order chi connectivity index (χ0) is 24.0. The fraction of sp³-hybridized carbons (Fsp3) is 0.208. The molecule has 3 aromatic rings. The number of carbonyl (C=O) groups is 1. The average Bonchev–Trinajstić information content (AvgIpc) is 2.78. The first kappa shape index (κ1) is 24.1. The molecule has 0 aliphatic carbocycles. The molecular formula is C24H25FN2O5S. The van der Waals surface area contributed by atoms with Crippen molar-refractivity contribution in [2.75, 3.05) is 29.6 Å². The Morgan fingerprint density at radius 3 is 2.42 bits per heavy atom. The fourth-order valence-electron chi connectivity index (χ4n) is 3.21. The van der Waals surface area contributed by atoms with Gasteiger partial charge in [0.05, 0.1) is 32.2 Å². The number of amides is 1. The van der Waals surface area contributed by atoms with Crippen LogP contribution in [-0.4, -0.2) is 34.3 Å². The first-order chi connectivity index (χ1) is 15.7. The molecule has 0 fully saturated rings. The normalized spacial score (nSPS) is 11.0. The summed E-state index contributed by atoms with van der Waals surface area (Å²) in [4.78, 5) is 12.9. The third-order valence-electron chi connectivity index (χ3n) is 4.78. The number of nitrogens with one attached hydrogen (secondary N) is 1. The summed E-state index contributed by atoms with van der Waals surface area (Å²) >= 11 is 0. The molecule has 7 nitrogen and oxygen atoms in total. The quantitative estimate of drug-likeness (QED) is 0.497. The number of methoxy groups -OCH3 is 1. The van der Waals surface area contributed by atoms with Crippen LogP contribution in [0.3, 0.4) is 0 Å². The lowest BCUT2D eigenvalue weighted by molar-refractivity contribution is 0.102. The summed E-state index contributed by atoms with van der Waals surface area (Å²) < 4.78 is 50.4. The predicted molar refractivity (Wildman–Crippen MR) is 126 cm³/mol. The minimum absolute atomic E-state index is 0.0971. The van der Waals surface area contributed by atoms with Crippen molar-refractivity contribution in [3.05, 3.63) is 83.7 Å². The van der Waals surface area contributed by atoms with Crippen molar-refractivity contribution in [3.63, 3.8) is 0 Å². The molecule has 0 saturated heterocycles. The number of nitrogens with zero attached hydrogens (tertiary/aromatic N) is 1. The Morgan fingerprint density at radius 1 is 1.06 bits per heavy atom. The first-order valence-corrected chi connectivity index (χ1v) is 12.0. The zero-order valence-electron chi connectivity index (χ0n) is 18.5. The molecule has 0 bridgehead atoms. The highest BCUT2D eigenvalue weighted by Gasteiger charge is 2.21. The SMILES string of the molecule is CCOc1ccc(C(=O)Nc2cccc(OC)c2)cc1CN(c1ccc(F)cc1)S(C)(=O)=O. The van der Waals surface area contributed by atoms with Crippen molar-refractivity contribution in [2.24, 2.45) is 0 Å². The molecule has 0 atom stereocenters. The molecule has 9 heteroatoms. The number of benzene rings is 3. The lowest BCUT2D eigenvalue weighted by Crippen LogP contribution is -2.29. The molecule has 1 amide bonds. The molecule has 1 N–H and O–H groups in total. The van der Waals surface area contributed by atoms with Gasteiger partial charge in [-0.2, -0.15) is 0 Å². The molecule has 0 aromatic heterocycles. The second-order valence-corrected chi connectivity index (χ2v) is 9.09. The Bertz CT molecular complexity index is 1230. The van der Waals surface area contributed by atoms with E-state index in [9.17, 15) is 17.6 Å². The molecule has 0 radical (unpaired) electrons. The number of ether oxygens (including phenoxy) is 2. The number of sulfonamides is 1. The smallest absolute Gasteiger partial charge is 0.255 e. The number of rotatable bonds is 9. The van der Waals surface area contributed by atoms with Crippen LogP contribution in [0.15, 0.2) is 66.7 Å². The highest BCUT2D eigenvalue weighted by atomic mass is 32.2. The Morgan fingerprint density at radius 2 is 1.79 bits per heavy atom. The van der Waals surface area contributed by atoms with E-state index in [1.54, 1.807) is 42.5 Å². The van der Waals surface area contributed by atoms with Crippen LogP contribution in [0, 0.1) is 5.82 Å². The maximum Gasteiger partial charge on any atom is 0.255 e. The number of carbonyl (C=O) groups excluding carboxylic acids is 1. The summed E-state index contributed by atoms with van der Waals surface area (Å²) in [6.07, 6.45) is 1.07. The Labute approximate surface area is 192 Å². The summed E-state index contributed by atoms with van der Waals surface area (Å²) in [6.45, 7) is 2.07. The largest absolute Gasteiger partial charge is 0.497 e. The van der Waals surface area contributed by atoms with Gasteiger partial charge in [-0.15, -0.1) is 0 Å². The maximum absolute atomic E-state index is 13.4. The molecular weight excluding hydrogens is 447 g/mol. The maximum atomic E-state index is 13.4. The molecule has 3 aromatic carbocycles. The highest BCUT2D eigenvalue weighted by molar-refractivity contribution is 7.92. The van der Waals surface area contributed by atoms with Crippen molar-refractivity contribution in [1.29, 1.82) is 0 Å². The van der Waals surface area contributed by atoms with Gasteiger partial charge >= 0.3 is 0 Å². The Hall–Kier alpha value is -3.59. The van der Waals surface area contributed by atoms with Gasteiger partial charge in [0.2, 0.25) is 10.0 Å². The van der Waals surface area contributed by atoms with E-state index >= 15 is 0 Å². The van der Waals surface area contributed by atoms with E-state index in [0.29, 0.717) is 40.6 Å². The molecule has 33 heavy (non-hydrogen) atoms. The Kier molecular flexibility index (Phi) is 7.55. The van der Waals surface area contributed by atoms with Crippen LogP contribution in [0.2, 0.25) is 0 Å². The van der Waals surface area contributed by atoms with E-state index in [0.717, 1.165) is 10.6 Å². The third kappa shape index (κ3) is 6.23. The van der Waals surface area contributed by atoms with Gasteiger partial charge in [0.1, 0.15) is 17.3 Å². The van der Waals surface area contributed by atoms with Crippen LogP contribution < -0.4 is 19.1 Å². The standard InChI is InChI=1S/C24H25FN2O5S/c1-4-32-23-13-8-17(24(28)26-20-6-5-7-22(15-20)31-2)14-18(23)16-27(33(3,29)30)21-11-9-19(25)10-12-21/h5-15H,4,16H2,1-3H3,(H,26,28). The van der Waals surface area contributed by atoms with Crippen LogP contribution >= 0.6 is 0 Å². The fourth-order valence-corrected chi connectivity index (χ4v) is 4.09. The molecule has 0 unspecified atom stereocenters. The van der Waals surface area contributed by atoms with E-state index in [-0.39, 0.29) is 12.5 Å². The van der Waals surface area contributed by atoms with Crippen molar-refractivity contribution < 1.29 is 27.1 Å². The molecule has 174 valence electrons. The first-order valence-electron chi connectivity index (χ1n) is 10.2. The van der Waals surface area contributed by atoms with E-state index < -0.39 is 15.8 Å². The number of halogens is 1. The van der Waals surface area contributed by atoms with Gasteiger partial charge in [-0.1, -0.05) is 6.07 Å². The summed E-state index contributed by atoms with van der Waals surface area (Å²) in [5.41, 5.74) is 1.67. The molecule has 0 spiro atoms. The Balaban J connectivity index is 1.94. The van der Waals surface area contributed by atoms with Gasteiger partial charge < -0.3 is 14.8 Å². The molecule has 0 heterocycles. The van der Waals surface area contributed by atoms with Gasteiger partial charge in [-0.3, -0.25) is 9.10 Å². The average molecular weight is 473 g/mol. The van der Waals surface area contributed by atoms with Gasteiger partial charge in [-0.05, 0) is 61.5 Å². The van der Waals surface area contributed by atoms with Crippen molar-refractivity contribution in [1.82, 2.24) is 0 Å². The van der Waals surface area contributed by atoms with E-state index in [2.05, 4.69) is 5.32 Å². The summed E-state index contributed by atoms with van der Waals surface area (Å²) in [5.74, 6) is 0.202. The van der Waals surface area contributed by atoms with Crippen LogP contribution in [0.1, 0.15) is 22.8 Å². The highest BCUT2D eigenvalue weighted by Crippen LogP contribution is 2.27. The topological polar surface area (TPSA) is 84.9 Å². The number of anilines is 2.